The molecule has 3 heterocycles. The van der Waals surface area contributed by atoms with Crippen molar-refractivity contribution in [2.24, 2.45) is 0 Å². The SMILES string of the molecule is Cc1noc(C)c1CN(C)C(=O)NC[C@H]1CN2CCC[C@@H]2CO1. The van der Waals surface area contributed by atoms with E-state index in [4.69, 9.17) is 9.26 Å². The fraction of sp³-hybridized carbons (Fsp3) is 0.750. The van der Waals surface area contributed by atoms with Gasteiger partial charge in [0.15, 0.2) is 0 Å². The smallest absolute Gasteiger partial charge is 0.317 e. The summed E-state index contributed by atoms with van der Waals surface area (Å²) in [4.78, 5) is 16.4. The molecule has 128 valence electrons. The van der Waals surface area contributed by atoms with E-state index in [0.29, 0.717) is 19.1 Å². The van der Waals surface area contributed by atoms with E-state index in [1.165, 1.54) is 12.8 Å². The van der Waals surface area contributed by atoms with Gasteiger partial charge in [0.2, 0.25) is 0 Å². The summed E-state index contributed by atoms with van der Waals surface area (Å²) in [7, 11) is 1.78. The van der Waals surface area contributed by atoms with Crippen LogP contribution in [0.5, 0.6) is 0 Å². The number of urea groups is 1. The first-order valence-electron chi connectivity index (χ1n) is 8.31. The molecule has 2 amide bonds. The third kappa shape index (κ3) is 3.67. The molecule has 2 fully saturated rings. The summed E-state index contributed by atoms with van der Waals surface area (Å²) < 4.78 is 11.0. The third-order valence-corrected chi connectivity index (χ3v) is 4.87. The van der Waals surface area contributed by atoms with Crippen LogP contribution >= 0.6 is 0 Å². The molecule has 2 aliphatic heterocycles. The molecule has 2 saturated heterocycles. The highest BCUT2D eigenvalue weighted by atomic mass is 16.5. The predicted octanol–water partition coefficient (Wildman–Crippen LogP) is 1.30. The van der Waals surface area contributed by atoms with Crippen LogP contribution in [0.15, 0.2) is 4.52 Å². The number of carbonyl (C=O) groups is 1. The van der Waals surface area contributed by atoms with E-state index < -0.39 is 0 Å². The second-order valence-electron chi connectivity index (χ2n) is 6.59. The van der Waals surface area contributed by atoms with Gasteiger partial charge in [-0.1, -0.05) is 5.16 Å². The number of nitrogens with zero attached hydrogens (tertiary/aromatic N) is 3. The molecule has 0 saturated carbocycles. The van der Waals surface area contributed by atoms with Gasteiger partial charge in [0, 0.05) is 31.7 Å². The first-order valence-corrected chi connectivity index (χ1v) is 8.31. The number of fused-ring (bicyclic) bond motifs is 1. The molecule has 0 radical (unpaired) electrons. The second-order valence-corrected chi connectivity index (χ2v) is 6.59. The first-order chi connectivity index (χ1) is 11.0. The van der Waals surface area contributed by atoms with Gasteiger partial charge in [-0.2, -0.15) is 0 Å². The molecule has 0 spiro atoms. The molecule has 7 nitrogen and oxygen atoms in total. The van der Waals surface area contributed by atoms with Crippen LogP contribution in [0.4, 0.5) is 4.79 Å². The summed E-state index contributed by atoms with van der Waals surface area (Å²) in [5, 5.41) is 6.89. The summed E-state index contributed by atoms with van der Waals surface area (Å²) in [5.74, 6) is 0.762. The Morgan fingerprint density at radius 2 is 2.30 bits per heavy atom. The number of rotatable bonds is 4. The van der Waals surface area contributed by atoms with Crippen molar-refractivity contribution in [2.45, 2.75) is 45.4 Å². The van der Waals surface area contributed by atoms with Gasteiger partial charge in [0.05, 0.1) is 24.9 Å². The highest BCUT2D eigenvalue weighted by Crippen LogP contribution is 2.22. The number of aromatic nitrogens is 1. The topological polar surface area (TPSA) is 70.8 Å². The van der Waals surface area contributed by atoms with Gasteiger partial charge < -0.3 is 19.5 Å². The van der Waals surface area contributed by atoms with Gasteiger partial charge in [-0.25, -0.2) is 4.79 Å². The Balaban J connectivity index is 1.45. The Bertz CT molecular complexity index is 540. The van der Waals surface area contributed by atoms with Crippen molar-refractivity contribution in [3.05, 3.63) is 17.0 Å². The Morgan fingerprint density at radius 3 is 3.04 bits per heavy atom. The molecule has 0 bridgehead atoms. The van der Waals surface area contributed by atoms with E-state index in [0.717, 1.165) is 36.7 Å². The quantitative estimate of drug-likeness (QED) is 0.905. The van der Waals surface area contributed by atoms with Crippen LogP contribution in [0.1, 0.15) is 29.9 Å². The zero-order valence-corrected chi connectivity index (χ0v) is 14.2. The summed E-state index contributed by atoms with van der Waals surface area (Å²) in [6.07, 6.45) is 2.58. The van der Waals surface area contributed by atoms with Crippen LogP contribution in [0.25, 0.3) is 0 Å². The number of morpholine rings is 1. The van der Waals surface area contributed by atoms with Crippen molar-refractivity contribution in [1.82, 2.24) is 20.3 Å². The van der Waals surface area contributed by atoms with E-state index in [-0.39, 0.29) is 12.1 Å². The number of hydrogen-bond donors (Lipinski definition) is 1. The van der Waals surface area contributed by atoms with Crippen LogP contribution in [0.3, 0.4) is 0 Å². The van der Waals surface area contributed by atoms with Crippen molar-refractivity contribution < 1.29 is 14.1 Å². The Hall–Kier alpha value is -1.60. The maximum atomic E-state index is 12.3. The zero-order chi connectivity index (χ0) is 16.4. The Morgan fingerprint density at radius 1 is 1.48 bits per heavy atom. The third-order valence-electron chi connectivity index (χ3n) is 4.87. The number of aryl methyl sites for hydroxylation is 2. The van der Waals surface area contributed by atoms with E-state index >= 15 is 0 Å². The number of carbonyl (C=O) groups excluding carboxylic acids is 1. The average Bonchev–Trinajstić information content (AvgIpc) is 3.13. The van der Waals surface area contributed by atoms with Crippen molar-refractivity contribution in [3.63, 3.8) is 0 Å². The lowest BCUT2D eigenvalue weighted by molar-refractivity contribution is -0.0460. The molecular formula is C16H26N4O3. The van der Waals surface area contributed by atoms with Gasteiger partial charge in [-0.15, -0.1) is 0 Å². The number of nitrogens with one attached hydrogen (secondary N) is 1. The average molecular weight is 322 g/mol. The van der Waals surface area contributed by atoms with E-state index in [2.05, 4.69) is 15.4 Å². The number of hydrogen-bond acceptors (Lipinski definition) is 5. The first kappa shape index (κ1) is 16.3. The molecule has 3 rings (SSSR count). The van der Waals surface area contributed by atoms with E-state index in [1.807, 2.05) is 13.8 Å². The van der Waals surface area contributed by atoms with Crippen molar-refractivity contribution in [3.8, 4) is 0 Å². The molecule has 1 aromatic rings. The molecule has 2 aliphatic rings. The lowest BCUT2D eigenvalue weighted by atomic mass is 10.2. The Labute approximate surface area is 136 Å². The summed E-state index contributed by atoms with van der Waals surface area (Å²) in [6, 6.07) is 0.487. The lowest BCUT2D eigenvalue weighted by Gasteiger charge is -2.35. The van der Waals surface area contributed by atoms with Gasteiger partial charge in [-0.05, 0) is 33.2 Å². The van der Waals surface area contributed by atoms with Gasteiger partial charge in [-0.3, -0.25) is 4.90 Å². The molecule has 7 heteroatoms. The fourth-order valence-electron chi connectivity index (χ4n) is 3.38. The van der Waals surface area contributed by atoms with E-state index in [9.17, 15) is 4.79 Å². The van der Waals surface area contributed by atoms with Gasteiger partial charge in [0.25, 0.3) is 0 Å². The normalized spacial score (nSPS) is 24.5. The largest absolute Gasteiger partial charge is 0.373 e. The second kappa shape index (κ2) is 6.88. The van der Waals surface area contributed by atoms with Crippen molar-refractivity contribution in [1.29, 1.82) is 0 Å². The summed E-state index contributed by atoms with van der Waals surface area (Å²) in [5.41, 5.74) is 1.80. The molecule has 1 aromatic heterocycles. The molecule has 0 aromatic carbocycles. The number of ether oxygens (including phenoxy) is 1. The minimum Gasteiger partial charge on any atom is -0.373 e. The zero-order valence-electron chi connectivity index (χ0n) is 14.2. The van der Waals surface area contributed by atoms with Crippen molar-refractivity contribution >= 4 is 6.03 Å². The molecule has 0 aliphatic carbocycles. The summed E-state index contributed by atoms with van der Waals surface area (Å²) in [6.45, 7) is 7.66. The molecule has 0 unspecified atom stereocenters. The lowest BCUT2D eigenvalue weighted by Crippen LogP contribution is -2.51. The molecule has 1 N–H and O–H groups in total. The highest BCUT2D eigenvalue weighted by Gasteiger charge is 2.32. The maximum absolute atomic E-state index is 12.3. The highest BCUT2D eigenvalue weighted by molar-refractivity contribution is 5.73. The Kier molecular flexibility index (Phi) is 4.87. The molecular weight excluding hydrogens is 296 g/mol. The predicted molar refractivity (Wildman–Crippen MR) is 85.2 cm³/mol. The van der Waals surface area contributed by atoms with Crippen LogP contribution in [-0.2, 0) is 11.3 Å². The van der Waals surface area contributed by atoms with Gasteiger partial charge in [0.1, 0.15) is 5.76 Å². The van der Waals surface area contributed by atoms with Crippen molar-refractivity contribution in [2.75, 3.05) is 33.3 Å². The number of amides is 2. The monoisotopic (exact) mass is 322 g/mol. The summed E-state index contributed by atoms with van der Waals surface area (Å²) >= 11 is 0. The standard InChI is InChI=1S/C16H26N4O3/c1-11-15(12(2)23-18-11)9-19(3)16(21)17-7-14-8-20-6-4-5-13(20)10-22-14/h13-14H,4-10H2,1-3H3,(H,17,21)/t13-,14+/m1/s1. The molecule has 2 atom stereocenters. The molecule has 23 heavy (non-hydrogen) atoms. The van der Waals surface area contributed by atoms with Gasteiger partial charge >= 0.3 is 6.03 Å². The van der Waals surface area contributed by atoms with Crippen LogP contribution in [0.2, 0.25) is 0 Å². The van der Waals surface area contributed by atoms with Crippen LogP contribution in [0, 0.1) is 13.8 Å². The van der Waals surface area contributed by atoms with Crippen LogP contribution in [-0.4, -0.2) is 66.4 Å². The fourth-order valence-corrected chi connectivity index (χ4v) is 3.38. The maximum Gasteiger partial charge on any atom is 0.317 e. The van der Waals surface area contributed by atoms with Crippen LogP contribution < -0.4 is 5.32 Å². The minimum atomic E-state index is -0.0999. The minimum absolute atomic E-state index is 0.0840. The van der Waals surface area contributed by atoms with E-state index in [1.54, 1.807) is 11.9 Å².